The summed E-state index contributed by atoms with van der Waals surface area (Å²) in [7, 11) is 1.66. The Morgan fingerprint density at radius 3 is 2.33 bits per heavy atom. The van der Waals surface area contributed by atoms with Crippen LogP contribution in [0.4, 0.5) is 0 Å². The van der Waals surface area contributed by atoms with Crippen LogP contribution >= 0.6 is 11.6 Å². The number of halogens is 1. The number of carbonyl (C=O) groups is 2. The molecule has 0 bridgehead atoms. The van der Waals surface area contributed by atoms with Gasteiger partial charge >= 0.3 is 5.97 Å². The van der Waals surface area contributed by atoms with E-state index in [-0.39, 0.29) is 30.1 Å². The van der Waals surface area contributed by atoms with Crippen molar-refractivity contribution in [1.82, 2.24) is 5.32 Å². The smallest absolute Gasteiger partial charge is 0.302 e. The number of esters is 1. The molecular formula is C23H36ClN3O3. The molecule has 1 unspecified atom stereocenters. The van der Waals surface area contributed by atoms with Gasteiger partial charge in [0.1, 0.15) is 5.70 Å². The second-order valence-electron chi connectivity index (χ2n) is 6.62. The summed E-state index contributed by atoms with van der Waals surface area (Å²) in [6.07, 6.45) is 2.46. The number of allylic oxidation sites excluding steroid dienone is 1. The number of hydrogen-bond donors (Lipinski definition) is 2. The van der Waals surface area contributed by atoms with E-state index in [0.717, 1.165) is 18.4 Å². The monoisotopic (exact) mass is 437 g/mol. The highest BCUT2D eigenvalue weighted by molar-refractivity contribution is 6.30. The summed E-state index contributed by atoms with van der Waals surface area (Å²) in [5, 5.41) is 3.48. The number of nitrogens with zero attached hydrogens (tertiary/aromatic N) is 1. The van der Waals surface area contributed by atoms with Crippen LogP contribution in [0.5, 0.6) is 0 Å². The molecule has 1 aromatic rings. The number of aliphatic imine (C=N–C) groups is 1. The minimum atomic E-state index is -0.352. The molecule has 0 aliphatic rings. The van der Waals surface area contributed by atoms with E-state index >= 15 is 0 Å². The Morgan fingerprint density at radius 1 is 1.23 bits per heavy atom. The van der Waals surface area contributed by atoms with E-state index in [0.29, 0.717) is 29.3 Å². The van der Waals surface area contributed by atoms with Crippen molar-refractivity contribution >= 4 is 29.2 Å². The van der Waals surface area contributed by atoms with E-state index in [1.54, 1.807) is 19.2 Å². The van der Waals surface area contributed by atoms with Gasteiger partial charge in [0.05, 0.1) is 6.61 Å². The van der Waals surface area contributed by atoms with Crippen LogP contribution in [0.3, 0.4) is 0 Å². The summed E-state index contributed by atoms with van der Waals surface area (Å²) in [6.45, 7) is 9.87. The zero-order chi connectivity index (χ0) is 23.1. The minimum absolute atomic E-state index is 0.151. The summed E-state index contributed by atoms with van der Waals surface area (Å²) in [6, 6.07) is 7.24. The Balaban J connectivity index is 0.00000407. The highest BCUT2D eigenvalue weighted by atomic mass is 35.5. The number of ether oxygens (including phenoxy) is 1. The maximum Gasteiger partial charge on any atom is 0.302 e. The number of rotatable bonds is 10. The Bertz CT molecular complexity index is 728. The highest BCUT2D eigenvalue weighted by Crippen LogP contribution is 2.19. The standard InChI is InChI=1S/C21H30ClN3O3.C2H6/c1-5-6-7-18(20(24-4)14(2)13-28-15(3)26)19(23)21(27)25-12-16-8-10-17(22)11-9-16;1-2/h8-11,14H,5-7,12-13,23H2,1-4H3,(H,25,27);1-2H3/b19-18-,24-20?;. The van der Waals surface area contributed by atoms with Crippen LogP contribution in [0.25, 0.3) is 0 Å². The number of unbranched alkanes of at least 4 members (excludes halogenated alkanes) is 1. The Labute approximate surface area is 185 Å². The molecule has 1 rings (SSSR count). The quantitative estimate of drug-likeness (QED) is 0.316. The third kappa shape index (κ3) is 9.92. The summed E-state index contributed by atoms with van der Waals surface area (Å²) >= 11 is 5.88. The fraction of sp³-hybridized carbons (Fsp3) is 0.522. The molecule has 7 heteroatoms. The van der Waals surface area contributed by atoms with Gasteiger partial charge in [0.25, 0.3) is 5.91 Å². The van der Waals surface area contributed by atoms with Crippen molar-refractivity contribution in [2.75, 3.05) is 13.7 Å². The first-order valence-corrected chi connectivity index (χ1v) is 10.8. The lowest BCUT2D eigenvalue weighted by atomic mass is 9.93. The molecule has 0 radical (unpaired) electrons. The van der Waals surface area contributed by atoms with Crippen molar-refractivity contribution in [3.8, 4) is 0 Å². The Morgan fingerprint density at radius 2 is 1.83 bits per heavy atom. The summed E-state index contributed by atoms with van der Waals surface area (Å²) < 4.78 is 5.10. The SMILES string of the molecule is CC.CCCC/C(C(=NC)C(C)COC(C)=O)=C(/N)C(=O)NCc1ccc(Cl)cc1. The third-order valence-electron chi connectivity index (χ3n) is 4.27. The molecule has 0 spiro atoms. The van der Waals surface area contributed by atoms with Gasteiger partial charge in [0, 0.05) is 42.7 Å². The average molecular weight is 438 g/mol. The van der Waals surface area contributed by atoms with Crippen molar-refractivity contribution < 1.29 is 14.3 Å². The molecule has 0 saturated carbocycles. The van der Waals surface area contributed by atoms with E-state index in [1.165, 1.54) is 6.92 Å². The third-order valence-corrected chi connectivity index (χ3v) is 4.52. The number of benzene rings is 1. The van der Waals surface area contributed by atoms with Gasteiger partial charge in [-0.15, -0.1) is 0 Å². The van der Waals surface area contributed by atoms with Crippen LogP contribution in [0.1, 0.15) is 59.4 Å². The van der Waals surface area contributed by atoms with Gasteiger partial charge in [-0.2, -0.15) is 0 Å². The average Bonchev–Trinajstić information content (AvgIpc) is 2.75. The fourth-order valence-electron chi connectivity index (χ4n) is 2.75. The van der Waals surface area contributed by atoms with Crippen molar-refractivity contribution in [3.05, 3.63) is 46.1 Å². The predicted octanol–water partition coefficient (Wildman–Crippen LogP) is 4.66. The molecule has 1 atom stereocenters. The van der Waals surface area contributed by atoms with E-state index in [2.05, 4.69) is 17.2 Å². The van der Waals surface area contributed by atoms with Crippen molar-refractivity contribution in [1.29, 1.82) is 0 Å². The number of carbonyl (C=O) groups excluding carboxylic acids is 2. The largest absolute Gasteiger partial charge is 0.465 e. The Kier molecular flexibility index (Phi) is 14.3. The lowest BCUT2D eigenvalue weighted by Crippen LogP contribution is -2.32. The molecule has 0 heterocycles. The van der Waals surface area contributed by atoms with E-state index < -0.39 is 0 Å². The number of nitrogens with two attached hydrogens (primary N) is 1. The summed E-state index contributed by atoms with van der Waals surface area (Å²) in [5.74, 6) is -0.861. The Hall–Kier alpha value is -2.34. The van der Waals surface area contributed by atoms with E-state index in [4.69, 9.17) is 22.1 Å². The van der Waals surface area contributed by atoms with Gasteiger partial charge in [0.2, 0.25) is 0 Å². The van der Waals surface area contributed by atoms with Crippen LogP contribution in [-0.4, -0.2) is 31.2 Å². The molecule has 1 amide bonds. The lowest BCUT2D eigenvalue weighted by Gasteiger charge is -2.19. The normalized spacial score (nSPS) is 12.8. The molecule has 0 saturated heterocycles. The van der Waals surface area contributed by atoms with Crippen LogP contribution in [0.2, 0.25) is 5.02 Å². The second kappa shape index (κ2) is 15.5. The minimum Gasteiger partial charge on any atom is -0.465 e. The highest BCUT2D eigenvalue weighted by Gasteiger charge is 2.21. The van der Waals surface area contributed by atoms with Gasteiger partial charge < -0.3 is 15.8 Å². The maximum absolute atomic E-state index is 12.6. The molecule has 0 fully saturated rings. The lowest BCUT2D eigenvalue weighted by molar-refractivity contribution is -0.141. The van der Waals surface area contributed by atoms with Crippen LogP contribution in [-0.2, 0) is 20.9 Å². The molecule has 1 aromatic carbocycles. The zero-order valence-electron chi connectivity index (χ0n) is 19.0. The molecule has 3 N–H and O–H groups in total. The fourth-order valence-corrected chi connectivity index (χ4v) is 2.87. The summed E-state index contributed by atoms with van der Waals surface area (Å²) in [4.78, 5) is 28.1. The van der Waals surface area contributed by atoms with Gasteiger partial charge in [-0.05, 0) is 30.5 Å². The molecule has 0 aliphatic heterocycles. The van der Waals surface area contributed by atoms with Crippen molar-refractivity contribution in [2.45, 2.75) is 60.4 Å². The van der Waals surface area contributed by atoms with E-state index in [9.17, 15) is 9.59 Å². The molecule has 168 valence electrons. The molecule has 0 aromatic heterocycles. The molecular weight excluding hydrogens is 402 g/mol. The van der Waals surface area contributed by atoms with Crippen LogP contribution < -0.4 is 11.1 Å². The number of nitrogens with one attached hydrogen (secondary N) is 1. The first-order valence-electron chi connectivity index (χ1n) is 10.4. The van der Waals surface area contributed by atoms with Gasteiger partial charge in [-0.3, -0.25) is 14.6 Å². The van der Waals surface area contributed by atoms with Gasteiger partial charge in [0.15, 0.2) is 0 Å². The maximum atomic E-state index is 12.6. The first kappa shape index (κ1) is 27.7. The van der Waals surface area contributed by atoms with Crippen LogP contribution in [0.15, 0.2) is 40.5 Å². The molecule has 30 heavy (non-hydrogen) atoms. The second-order valence-corrected chi connectivity index (χ2v) is 7.05. The zero-order valence-corrected chi connectivity index (χ0v) is 19.8. The number of hydrogen-bond acceptors (Lipinski definition) is 5. The number of amides is 1. The van der Waals surface area contributed by atoms with Gasteiger partial charge in [-0.1, -0.05) is 57.8 Å². The molecule has 0 aliphatic carbocycles. The molecule has 6 nitrogen and oxygen atoms in total. The topological polar surface area (TPSA) is 93.8 Å². The van der Waals surface area contributed by atoms with E-state index in [1.807, 2.05) is 32.9 Å². The van der Waals surface area contributed by atoms with Crippen molar-refractivity contribution in [2.24, 2.45) is 16.6 Å². The summed E-state index contributed by atoms with van der Waals surface area (Å²) in [5.41, 5.74) is 8.69. The van der Waals surface area contributed by atoms with Crippen LogP contribution in [0, 0.1) is 5.92 Å². The first-order chi connectivity index (χ1) is 14.3. The van der Waals surface area contributed by atoms with Crippen molar-refractivity contribution in [3.63, 3.8) is 0 Å². The van der Waals surface area contributed by atoms with Gasteiger partial charge in [-0.25, -0.2) is 0 Å². The predicted molar refractivity (Wildman–Crippen MR) is 125 cm³/mol.